The van der Waals surface area contributed by atoms with Crippen LogP contribution in [0.2, 0.25) is 0 Å². The number of hydrogen-bond donors (Lipinski definition) is 1. The van der Waals surface area contributed by atoms with Crippen molar-refractivity contribution in [2.75, 3.05) is 7.05 Å². The van der Waals surface area contributed by atoms with Gasteiger partial charge in [0.15, 0.2) is 6.10 Å². The van der Waals surface area contributed by atoms with E-state index in [0.717, 1.165) is 5.56 Å². The van der Waals surface area contributed by atoms with Crippen molar-refractivity contribution in [1.29, 1.82) is 0 Å². The molecule has 0 bridgehead atoms. The van der Waals surface area contributed by atoms with Gasteiger partial charge in [-0.15, -0.1) is 0 Å². The molecule has 0 heterocycles. The zero-order valence-corrected chi connectivity index (χ0v) is 12.7. The second-order valence-electron chi connectivity index (χ2n) is 4.22. The van der Waals surface area contributed by atoms with E-state index in [-0.39, 0.29) is 16.6 Å². The van der Waals surface area contributed by atoms with Crippen molar-refractivity contribution < 1.29 is 17.9 Å². The lowest BCUT2D eigenvalue weighted by molar-refractivity contribution is -0.126. The molecule has 0 saturated heterocycles. The van der Waals surface area contributed by atoms with E-state index in [1.165, 1.54) is 20.0 Å². The van der Waals surface area contributed by atoms with E-state index in [9.17, 15) is 13.2 Å². The molecule has 1 aromatic carbocycles. The molecule has 0 fully saturated rings. The second-order valence-corrected chi connectivity index (χ2v) is 6.76. The fraction of sp³-hybridized carbons (Fsp3) is 0.417. The normalized spacial score (nSPS) is 12.9. The molecule has 0 aliphatic carbocycles. The topological polar surface area (TPSA) is 72.5 Å². The molecule has 7 heteroatoms. The Morgan fingerprint density at radius 3 is 2.42 bits per heavy atom. The number of benzene rings is 1. The summed E-state index contributed by atoms with van der Waals surface area (Å²) in [4.78, 5) is 11.3. The van der Waals surface area contributed by atoms with Crippen molar-refractivity contribution in [2.24, 2.45) is 0 Å². The van der Waals surface area contributed by atoms with Gasteiger partial charge in [-0.05, 0) is 38.0 Å². The molecule has 1 unspecified atom stereocenters. The summed E-state index contributed by atoms with van der Waals surface area (Å²) in [5, 5.41) is 2.43. The third-order valence-corrected chi connectivity index (χ3v) is 3.89. The number of amides is 1. The van der Waals surface area contributed by atoms with Crippen molar-refractivity contribution in [3.63, 3.8) is 0 Å². The van der Waals surface area contributed by atoms with Gasteiger partial charge in [0.05, 0.1) is 0 Å². The predicted molar refractivity (Wildman–Crippen MR) is 73.1 cm³/mol. The van der Waals surface area contributed by atoms with Gasteiger partial charge in [-0.25, -0.2) is 8.42 Å². The van der Waals surface area contributed by atoms with E-state index in [0.29, 0.717) is 5.56 Å². The fourth-order valence-corrected chi connectivity index (χ4v) is 2.78. The number of halogens is 1. The Labute approximate surface area is 117 Å². The predicted octanol–water partition coefficient (Wildman–Crippen LogP) is 1.74. The molecule has 1 atom stereocenters. The smallest absolute Gasteiger partial charge is 0.265 e. The van der Waals surface area contributed by atoms with Crippen molar-refractivity contribution in [2.45, 2.75) is 31.8 Å². The minimum absolute atomic E-state index is 0.108. The molecule has 19 heavy (non-hydrogen) atoms. The zero-order chi connectivity index (χ0) is 14.8. The average Bonchev–Trinajstić information content (AvgIpc) is 2.29. The van der Waals surface area contributed by atoms with Gasteiger partial charge in [-0.3, -0.25) is 4.79 Å². The number of carbonyl (C=O) groups is 1. The highest BCUT2D eigenvalue weighted by Gasteiger charge is 2.23. The van der Waals surface area contributed by atoms with Gasteiger partial charge in [0.25, 0.3) is 15.0 Å². The van der Waals surface area contributed by atoms with Gasteiger partial charge < -0.3 is 10.1 Å². The van der Waals surface area contributed by atoms with Crippen molar-refractivity contribution in [3.05, 3.63) is 23.3 Å². The van der Waals surface area contributed by atoms with Crippen molar-refractivity contribution in [3.8, 4) is 5.75 Å². The third-order valence-electron chi connectivity index (χ3n) is 2.56. The van der Waals surface area contributed by atoms with Crippen LogP contribution >= 0.6 is 10.7 Å². The molecular formula is C12H16ClNO4S. The Bertz CT molecular complexity index is 598. The largest absolute Gasteiger partial charge is 0.479 e. The van der Waals surface area contributed by atoms with E-state index in [1.54, 1.807) is 19.9 Å². The van der Waals surface area contributed by atoms with Gasteiger partial charge in [0, 0.05) is 17.7 Å². The Kier molecular flexibility index (Phi) is 4.81. The maximum absolute atomic E-state index is 11.6. The van der Waals surface area contributed by atoms with Crippen LogP contribution in [0.3, 0.4) is 0 Å². The summed E-state index contributed by atoms with van der Waals surface area (Å²) in [5.41, 5.74) is 1.35. The molecule has 1 amide bonds. The zero-order valence-electron chi connectivity index (χ0n) is 11.2. The summed E-state index contributed by atoms with van der Waals surface area (Å²) < 4.78 is 28.6. The third kappa shape index (κ3) is 3.84. The van der Waals surface area contributed by atoms with Crippen LogP contribution < -0.4 is 10.1 Å². The van der Waals surface area contributed by atoms with Crippen LogP contribution in [0.15, 0.2) is 17.0 Å². The first kappa shape index (κ1) is 15.8. The van der Waals surface area contributed by atoms with E-state index in [4.69, 9.17) is 15.4 Å². The maximum atomic E-state index is 11.6. The van der Waals surface area contributed by atoms with Gasteiger partial charge in [0.1, 0.15) is 10.6 Å². The first-order valence-electron chi connectivity index (χ1n) is 5.61. The van der Waals surface area contributed by atoms with E-state index < -0.39 is 15.2 Å². The molecule has 0 aliphatic heterocycles. The summed E-state index contributed by atoms with van der Waals surface area (Å²) >= 11 is 0. The lowest BCUT2D eigenvalue weighted by Gasteiger charge is -2.17. The van der Waals surface area contributed by atoms with Gasteiger partial charge in [0.2, 0.25) is 0 Å². The van der Waals surface area contributed by atoms with Crippen LogP contribution in [0, 0.1) is 13.8 Å². The molecule has 0 saturated carbocycles. The Balaban J connectivity index is 3.31. The number of carbonyl (C=O) groups excluding carboxylic acids is 1. The molecule has 1 rings (SSSR count). The molecule has 0 aromatic heterocycles. The average molecular weight is 306 g/mol. The highest BCUT2D eigenvalue weighted by Crippen LogP contribution is 2.32. The molecule has 0 radical (unpaired) electrons. The van der Waals surface area contributed by atoms with Crippen molar-refractivity contribution in [1.82, 2.24) is 5.32 Å². The molecule has 0 aliphatic rings. The first-order chi connectivity index (χ1) is 8.66. The number of likely N-dealkylation sites (N-methyl/N-ethyl adjacent to an activating group) is 1. The number of nitrogens with one attached hydrogen (secondary N) is 1. The van der Waals surface area contributed by atoms with Crippen LogP contribution in [-0.4, -0.2) is 27.5 Å². The van der Waals surface area contributed by atoms with Crippen LogP contribution in [0.25, 0.3) is 0 Å². The first-order valence-corrected chi connectivity index (χ1v) is 7.92. The number of hydrogen-bond acceptors (Lipinski definition) is 4. The van der Waals surface area contributed by atoms with Gasteiger partial charge >= 0.3 is 0 Å². The summed E-state index contributed by atoms with van der Waals surface area (Å²) in [6.07, 6.45) is -0.816. The summed E-state index contributed by atoms with van der Waals surface area (Å²) in [6, 6.07) is 3.18. The monoisotopic (exact) mass is 305 g/mol. The maximum Gasteiger partial charge on any atom is 0.265 e. The minimum atomic E-state index is -3.94. The summed E-state index contributed by atoms with van der Waals surface area (Å²) in [7, 11) is 2.93. The molecule has 0 spiro atoms. The Morgan fingerprint density at radius 2 is 1.95 bits per heavy atom. The van der Waals surface area contributed by atoms with Crippen LogP contribution in [0.1, 0.15) is 18.1 Å². The molecule has 1 aromatic rings. The standard InChI is InChI=1S/C12H16ClNO4S/c1-7-5-8(2)11(10(6-7)19(13,16)17)18-9(3)12(15)14-4/h5-6,9H,1-4H3,(H,14,15). The molecule has 5 nitrogen and oxygen atoms in total. The number of rotatable bonds is 4. The van der Waals surface area contributed by atoms with Crippen LogP contribution in [0.4, 0.5) is 0 Å². The summed E-state index contributed by atoms with van der Waals surface area (Å²) in [6.45, 7) is 4.98. The molecular weight excluding hydrogens is 290 g/mol. The van der Waals surface area contributed by atoms with Crippen LogP contribution in [-0.2, 0) is 13.8 Å². The highest BCUT2D eigenvalue weighted by molar-refractivity contribution is 8.13. The number of aryl methyl sites for hydroxylation is 2. The molecule has 106 valence electrons. The second kappa shape index (κ2) is 5.79. The highest BCUT2D eigenvalue weighted by atomic mass is 35.7. The van der Waals surface area contributed by atoms with Crippen molar-refractivity contribution >= 4 is 25.6 Å². The lowest BCUT2D eigenvalue weighted by atomic mass is 10.1. The minimum Gasteiger partial charge on any atom is -0.479 e. The number of ether oxygens (including phenoxy) is 1. The van der Waals surface area contributed by atoms with Gasteiger partial charge in [-0.1, -0.05) is 6.07 Å². The van der Waals surface area contributed by atoms with E-state index >= 15 is 0 Å². The quantitative estimate of drug-likeness (QED) is 0.860. The van der Waals surface area contributed by atoms with E-state index in [1.807, 2.05) is 0 Å². The SMILES string of the molecule is CNC(=O)C(C)Oc1c(C)cc(C)cc1S(=O)(=O)Cl. The van der Waals surface area contributed by atoms with Gasteiger partial charge in [-0.2, -0.15) is 0 Å². The Morgan fingerprint density at radius 1 is 1.37 bits per heavy atom. The Hall–Kier alpha value is -1.27. The molecule has 1 N–H and O–H groups in total. The summed E-state index contributed by atoms with van der Waals surface area (Å²) in [5.74, 6) is -0.241. The van der Waals surface area contributed by atoms with Crippen LogP contribution in [0.5, 0.6) is 5.75 Å². The fourth-order valence-electron chi connectivity index (χ4n) is 1.68. The van der Waals surface area contributed by atoms with E-state index in [2.05, 4.69) is 5.32 Å². The lowest BCUT2D eigenvalue weighted by Crippen LogP contribution is -2.34.